The third-order valence-electron chi connectivity index (χ3n) is 6.65. The molecule has 0 aromatic rings. The van der Waals surface area contributed by atoms with Gasteiger partial charge in [0.05, 0.1) is 46.3 Å². The van der Waals surface area contributed by atoms with Crippen molar-refractivity contribution >= 4 is 11.8 Å². The van der Waals surface area contributed by atoms with E-state index in [2.05, 4.69) is 38.8 Å². The first kappa shape index (κ1) is 20.9. The number of rotatable bonds is 5. The van der Waals surface area contributed by atoms with Gasteiger partial charge in [-0.3, -0.25) is 9.59 Å². The predicted molar refractivity (Wildman–Crippen MR) is 105 cm³/mol. The normalized spacial score (nSPS) is 28.5. The fraction of sp³-hybridized carbons (Fsp3) is 0.810. The van der Waals surface area contributed by atoms with Crippen LogP contribution >= 0.6 is 0 Å². The van der Waals surface area contributed by atoms with Gasteiger partial charge in [-0.25, -0.2) is 0 Å². The van der Waals surface area contributed by atoms with Crippen LogP contribution in [0.4, 0.5) is 0 Å². The van der Waals surface area contributed by atoms with E-state index in [4.69, 9.17) is 0 Å². The molecule has 0 spiro atoms. The smallest absolute Gasteiger partial charge is 0.219 e. The topological polar surface area (TPSA) is 40.6 Å². The van der Waals surface area contributed by atoms with Crippen molar-refractivity contribution in [2.75, 3.05) is 52.9 Å². The molecule has 1 aliphatic carbocycles. The van der Waals surface area contributed by atoms with Gasteiger partial charge in [0.15, 0.2) is 0 Å². The Hall–Kier alpha value is -1.36. The van der Waals surface area contributed by atoms with Gasteiger partial charge in [-0.2, -0.15) is 0 Å². The monoisotopic (exact) mass is 364 g/mol. The third kappa shape index (κ3) is 5.32. The van der Waals surface area contributed by atoms with Crippen LogP contribution in [0.3, 0.4) is 0 Å². The summed E-state index contributed by atoms with van der Waals surface area (Å²) in [6.07, 6.45) is 3.53. The van der Waals surface area contributed by atoms with Crippen LogP contribution in [0.1, 0.15) is 41.0 Å². The van der Waals surface area contributed by atoms with Crippen LogP contribution in [0.15, 0.2) is 11.6 Å². The molecule has 3 atom stereocenters. The molecule has 1 fully saturated rings. The minimum Gasteiger partial charge on any atom is -0.337 e. The summed E-state index contributed by atoms with van der Waals surface area (Å²) in [5.74, 6) is 2.06. The highest BCUT2D eigenvalue weighted by Gasteiger charge is 2.32. The molecule has 148 valence electrons. The van der Waals surface area contributed by atoms with E-state index in [1.54, 1.807) is 13.8 Å². The van der Waals surface area contributed by atoms with Gasteiger partial charge in [0.25, 0.3) is 0 Å². The number of nitrogens with zero attached hydrogens (tertiary/aromatic N) is 3. The Bertz CT molecular complexity index is 549. The molecule has 5 heteroatoms. The van der Waals surface area contributed by atoms with Crippen molar-refractivity contribution in [3.63, 3.8) is 0 Å². The summed E-state index contributed by atoms with van der Waals surface area (Å²) < 4.78 is 0.947. The van der Waals surface area contributed by atoms with E-state index in [0.717, 1.165) is 56.7 Å². The maximum Gasteiger partial charge on any atom is 0.219 e. The van der Waals surface area contributed by atoms with Gasteiger partial charge >= 0.3 is 0 Å². The van der Waals surface area contributed by atoms with Gasteiger partial charge in [0, 0.05) is 20.4 Å². The second-order valence-electron chi connectivity index (χ2n) is 8.98. The molecule has 0 bridgehead atoms. The molecule has 26 heavy (non-hydrogen) atoms. The molecule has 0 aromatic carbocycles. The zero-order valence-corrected chi connectivity index (χ0v) is 17.6. The van der Waals surface area contributed by atoms with E-state index >= 15 is 0 Å². The first-order valence-electron chi connectivity index (χ1n) is 10.1. The molecule has 1 heterocycles. The van der Waals surface area contributed by atoms with Gasteiger partial charge in [0.1, 0.15) is 0 Å². The summed E-state index contributed by atoms with van der Waals surface area (Å²) in [5.41, 5.74) is 1.48. The molecular weight excluding hydrogens is 326 g/mol. The fourth-order valence-electron chi connectivity index (χ4n) is 4.64. The first-order chi connectivity index (χ1) is 12.1. The standard InChI is InChI=1S/C21H38N3O2/c1-16-13-17(2)21(18(3)14-16)15-23(20(5)26)9-12-24(6)10-7-22(8-11-24)19(4)25/h13,17-18,21H,7-12,14-15H2,1-6H3/q+1/t17-,18+,21+/m0/s1. The van der Waals surface area contributed by atoms with Gasteiger partial charge in [-0.15, -0.1) is 0 Å². The number of hydrogen-bond donors (Lipinski definition) is 0. The number of carbonyl (C=O) groups is 2. The van der Waals surface area contributed by atoms with Crippen molar-refractivity contribution in [2.24, 2.45) is 17.8 Å². The highest BCUT2D eigenvalue weighted by Crippen LogP contribution is 2.34. The predicted octanol–water partition coefficient (Wildman–Crippen LogP) is 2.38. The lowest BCUT2D eigenvalue weighted by atomic mass is 9.75. The lowest BCUT2D eigenvalue weighted by molar-refractivity contribution is -0.912. The lowest BCUT2D eigenvalue weighted by Crippen LogP contribution is -2.60. The Labute approximate surface area is 159 Å². The first-order valence-corrected chi connectivity index (χ1v) is 10.1. The van der Waals surface area contributed by atoms with E-state index in [-0.39, 0.29) is 11.8 Å². The lowest BCUT2D eigenvalue weighted by Gasteiger charge is -2.43. The molecule has 2 aliphatic rings. The Morgan fingerprint density at radius 1 is 1.23 bits per heavy atom. The summed E-state index contributed by atoms with van der Waals surface area (Å²) in [6.45, 7) is 16.4. The summed E-state index contributed by atoms with van der Waals surface area (Å²) in [4.78, 5) is 27.8. The van der Waals surface area contributed by atoms with Crippen molar-refractivity contribution in [2.45, 2.75) is 41.0 Å². The number of piperazine rings is 1. The van der Waals surface area contributed by atoms with Crippen LogP contribution < -0.4 is 0 Å². The van der Waals surface area contributed by atoms with Crippen LogP contribution in [0.5, 0.6) is 0 Å². The van der Waals surface area contributed by atoms with Crippen molar-refractivity contribution < 1.29 is 14.1 Å². The zero-order chi connectivity index (χ0) is 19.5. The molecule has 0 saturated carbocycles. The summed E-state index contributed by atoms with van der Waals surface area (Å²) in [6, 6.07) is 0. The van der Waals surface area contributed by atoms with E-state index in [1.165, 1.54) is 5.57 Å². The molecule has 1 saturated heterocycles. The molecule has 2 amide bonds. The van der Waals surface area contributed by atoms with Gasteiger partial charge < -0.3 is 14.3 Å². The van der Waals surface area contributed by atoms with Crippen molar-refractivity contribution in [1.29, 1.82) is 0 Å². The number of carbonyl (C=O) groups excluding carboxylic acids is 2. The minimum absolute atomic E-state index is 0.172. The number of quaternary nitrogens is 1. The molecule has 0 N–H and O–H groups in total. The van der Waals surface area contributed by atoms with Crippen LogP contribution in [-0.4, -0.2) is 79.0 Å². The molecule has 0 radical (unpaired) electrons. The highest BCUT2D eigenvalue weighted by atomic mass is 16.2. The van der Waals surface area contributed by atoms with E-state index < -0.39 is 0 Å². The third-order valence-corrected chi connectivity index (χ3v) is 6.65. The number of hydrogen-bond acceptors (Lipinski definition) is 2. The van der Waals surface area contributed by atoms with Crippen LogP contribution in [-0.2, 0) is 9.59 Å². The molecule has 0 unspecified atom stereocenters. The van der Waals surface area contributed by atoms with E-state index in [1.807, 2.05) is 4.90 Å². The largest absolute Gasteiger partial charge is 0.337 e. The average molecular weight is 365 g/mol. The number of allylic oxidation sites excluding steroid dienone is 2. The minimum atomic E-state index is 0.172. The van der Waals surface area contributed by atoms with Crippen LogP contribution in [0.25, 0.3) is 0 Å². The van der Waals surface area contributed by atoms with Gasteiger partial charge in [0.2, 0.25) is 11.8 Å². The number of likely N-dealkylation sites (N-methyl/N-ethyl adjacent to an activating group) is 1. The van der Waals surface area contributed by atoms with Crippen molar-refractivity contribution in [3.05, 3.63) is 11.6 Å². The second-order valence-corrected chi connectivity index (χ2v) is 8.98. The maximum absolute atomic E-state index is 12.3. The molecule has 2 rings (SSSR count). The quantitative estimate of drug-likeness (QED) is 0.555. The Morgan fingerprint density at radius 3 is 2.35 bits per heavy atom. The molecular formula is C21H38N3O2+. The summed E-state index contributed by atoms with van der Waals surface area (Å²) >= 11 is 0. The fourth-order valence-corrected chi connectivity index (χ4v) is 4.64. The summed E-state index contributed by atoms with van der Waals surface area (Å²) in [5, 5.41) is 0. The van der Waals surface area contributed by atoms with Gasteiger partial charge in [-0.05, 0) is 31.1 Å². The van der Waals surface area contributed by atoms with Crippen molar-refractivity contribution in [3.8, 4) is 0 Å². The van der Waals surface area contributed by atoms with Crippen LogP contribution in [0.2, 0.25) is 0 Å². The average Bonchev–Trinajstić information content (AvgIpc) is 2.53. The Balaban J connectivity index is 1.93. The Morgan fingerprint density at radius 2 is 1.85 bits per heavy atom. The Kier molecular flexibility index (Phi) is 6.89. The molecule has 5 nitrogen and oxygen atoms in total. The maximum atomic E-state index is 12.3. The van der Waals surface area contributed by atoms with Crippen molar-refractivity contribution in [1.82, 2.24) is 9.80 Å². The number of amides is 2. The second kappa shape index (κ2) is 8.55. The summed E-state index contributed by atoms with van der Waals surface area (Å²) in [7, 11) is 2.26. The zero-order valence-electron chi connectivity index (χ0n) is 17.6. The van der Waals surface area contributed by atoms with E-state index in [9.17, 15) is 9.59 Å². The van der Waals surface area contributed by atoms with Crippen LogP contribution in [0, 0.1) is 17.8 Å². The molecule has 0 aromatic heterocycles. The SMILES string of the molecule is CC(=O)N1CC[N+](C)(CCN(C[C@H]2[C@H](C)CC(C)=C[C@@H]2C)C(C)=O)CC1. The van der Waals surface area contributed by atoms with Gasteiger partial charge in [-0.1, -0.05) is 25.5 Å². The molecule has 1 aliphatic heterocycles. The highest BCUT2D eigenvalue weighted by molar-refractivity contribution is 5.73. The van der Waals surface area contributed by atoms with E-state index in [0.29, 0.717) is 17.8 Å².